The normalized spacial score (nSPS) is 20.3. The molecular formula is C17H22BrNO2. The van der Waals surface area contributed by atoms with Crippen LogP contribution in [0.15, 0.2) is 40.9 Å². The van der Waals surface area contributed by atoms with Gasteiger partial charge in [0.25, 0.3) is 0 Å². The highest BCUT2D eigenvalue weighted by Gasteiger charge is 2.11. The maximum Gasteiger partial charge on any atom is 0.246 e. The summed E-state index contributed by atoms with van der Waals surface area (Å²) in [5.41, 5.74) is 1.09. The van der Waals surface area contributed by atoms with Gasteiger partial charge >= 0.3 is 0 Å². The molecule has 0 saturated carbocycles. The van der Waals surface area contributed by atoms with E-state index in [-0.39, 0.29) is 18.6 Å². The smallest absolute Gasteiger partial charge is 0.246 e. The fourth-order valence-electron chi connectivity index (χ4n) is 2.34. The molecule has 1 aromatic rings. The van der Waals surface area contributed by atoms with Crippen molar-refractivity contribution in [2.75, 3.05) is 6.61 Å². The fraction of sp³-hybridized carbons (Fsp3) is 0.471. The molecule has 0 spiro atoms. The summed E-state index contributed by atoms with van der Waals surface area (Å²) in [6, 6.07) is 7.93. The number of hydrogen-bond donors (Lipinski definition) is 1. The Bertz CT molecular complexity index is 470. The zero-order valence-electron chi connectivity index (χ0n) is 12.2. The van der Waals surface area contributed by atoms with Gasteiger partial charge in [0.1, 0.15) is 6.61 Å². The predicted octanol–water partition coefficient (Wildman–Crippen LogP) is 3.97. The number of halogens is 1. The first-order valence-corrected chi connectivity index (χ1v) is 8.31. The van der Waals surface area contributed by atoms with Gasteiger partial charge in [-0.2, -0.15) is 0 Å². The lowest BCUT2D eigenvalue weighted by atomic mass is 10.0. The molecule has 0 aromatic heterocycles. The molecule has 0 saturated heterocycles. The Balaban J connectivity index is 1.67. The second-order valence-electron chi connectivity index (χ2n) is 5.32. The van der Waals surface area contributed by atoms with Crippen molar-refractivity contribution in [3.05, 3.63) is 46.5 Å². The minimum Gasteiger partial charge on any atom is -0.368 e. The van der Waals surface area contributed by atoms with Crippen LogP contribution in [0.4, 0.5) is 0 Å². The van der Waals surface area contributed by atoms with E-state index < -0.39 is 0 Å². The zero-order valence-corrected chi connectivity index (χ0v) is 13.8. The molecule has 1 aliphatic rings. The van der Waals surface area contributed by atoms with E-state index in [2.05, 4.69) is 33.4 Å². The Hall–Kier alpha value is -1.13. The van der Waals surface area contributed by atoms with Crippen LogP contribution >= 0.6 is 15.9 Å². The molecule has 3 nitrogen and oxygen atoms in total. The van der Waals surface area contributed by atoms with Crippen molar-refractivity contribution in [3.8, 4) is 0 Å². The summed E-state index contributed by atoms with van der Waals surface area (Å²) in [7, 11) is 0. The van der Waals surface area contributed by atoms with Crippen molar-refractivity contribution >= 4 is 21.8 Å². The summed E-state index contributed by atoms with van der Waals surface area (Å²) in [5.74, 6) is -0.0458. The number of nitrogens with one attached hydrogen (secondary N) is 1. The van der Waals surface area contributed by atoms with Gasteiger partial charge in [0.15, 0.2) is 0 Å². The minimum absolute atomic E-state index is 0.0458. The Morgan fingerprint density at radius 3 is 2.76 bits per heavy atom. The van der Waals surface area contributed by atoms with Crippen LogP contribution in [0, 0.1) is 0 Å². The van der Waals surface area contributed by atoms with Gasteiger partial charge < -0.3 is 10.1 Å². The molecule has 21 heavy (non-hydrogen) atoms. The first-order valence-electron chi connectivity index (χ1n) is 7.52. The van der Waals surface area contributed by atoms with Crippen molar-refractivity contribution in [2.24, 2.45) is 0 Å². The first-order chi connectivity index (χ1) is 10.2. The van der Waals surface area contributed by atoms with Gasteiger partial charge in [0, 0.05) is 11.0 Å². The van der Waals surface area contributed by atoms with E-state index in [4.69, 9.17) is 4.74 Å². The number of amides is 1. The predicted molar refractivity (Wildman–Crippen MR) is 88.0 cm³/mol. The van der Waals surface area contributed by atoms with E-state index in [0.29, 0.717) is 6.54 Å². The lowest BCUT2D eigenvalue weighted by Crippen LogP contribution is -2.29. The zero-order chi connectivity index (χ0) is 14.9. The van der Waals surface area contributed by atoms with Crippen molar-refractivity contribution < 1.29 is 9.53 Å². The average Bonchev–Trinajstić information content (AvgIpc) is 2.45. The van der Waals surface area contributed by atoms with Crippen LogP contribution in [0.2, 0.25) is 0 Å². The molecule has 1 aromatic carbocycles. The molecule has 1 atom stereocenters. The third-order valence-electron chi connectivity index (χ3n) is 3.57. The van der Waals surface area contributed by atoms with Crippen LogP contribution in [-0.4, -0.2) is 18.6 Å². The molecular weight excluding hydrogens is 330 g/mol. The van der Waals surface area contributed by atoms with E-state index >= 15 is 0 Å². The number of hydrogen-bond acceptors (Lipinski definition) is 2. The summed E-state index contributed by atoms with van der Waals surface area (Å²) in [6.45, 7) is 0.702. The molecule has 0 aliphatic heterocycles. The van der Waals surface area contributed by atoms with Crippen LogP contribution in [0.3, 0.4) is 0 Å². The monoisotopic (exact) mass is 351 g/mol. The first kappa shape index (κ1) is 16.2. The molecule has 2 rings (SSSR count). The number of ether oxygens (including phenoxy) is 1. The molecule has 1 N–H and O–H groups in total. The third-order valence-corrected chi connectivity index (χ3v) is 4.10. The summed E-state index contributed by atoms with van der Waals surface area (Å²) in [5, 5.41) is 2.89. The number of carbonyl (C=O) groups is 1. The topological polar surface area (TPSA) is 38.3 Å². The average molecular weight is 352 g/mol. The van der Waals surface area contributed by atoms with E-state index in [1.165, 1.54) is 0 Å². The highest BCUT2D eigenvalue weighted by Crippen LogP contribution is 2.15. The highest BCUT2D eigenvalue weighted by molar-refractivity contribution is 9.10. The minimum atomic E-state index is -0.0458. The van der Waals surface area contributed by atoms with Crippen molar-refractivity contribution in [2.45, 2.75) is 44.8 Å². The van der Waals surface area contributed by atoms with Crippen molar-refractivity contribution in [1.29, 1.82) is 0 Å². The number of allylic oxidation sites excluding steroid dienone is 2. The molecule has 0 bridgehead atoms. The maximum absolute atomic E-state index is 11.8. The van der Waals surface area contributed by atoms with E-state index in [1.54, 1.807) is 0 Å². The fourth-order valence-corrected chi connectivity index (χ4v) is 2.60. The van der Waals surface area contributed by atoms with Crippen LogP contribution < -0.4 is 5.32 Å². The number of carbonyl (C=O) groups excluding carboxylic acids is 1. The van der Waals surface area contributed by atoms with Gasteiger partial charge in [-0.15, -0.1) is 0 Å². The van der Waals surface area contributed by atoms with Gasteiger partial charge in [0.05, 0.1) is 6.10 Å². The quantitative estimate of drug-likeness (QED) is 0.815. The standard InChI is InChI=1S/C17H22BrNO2/c18-15-10-8-14(9-11-15)12-19-17(20)13-21-16-6-4-2-1-3-5-7-16/h1-2,8-11,16H,3-7,12-13H2,(H,19,20)/b2-1+. The molecule has 1 amide bonds. The lowest BCUT2D eigenvalue weighted by Gasteiger charge is -2.18. The van der Waals surface area contributed by atoms with Crippen LogP contribution in [-0.2, 0) is 16.1 Å². The van der Waals surface area contributed by atoms with E-state index in [0.717, 1.165) is 42.1 Å². The summed E-state index contributed by atoms with van der Waals surface area (Å²) >= 11 is 3.39. The number of benzene rings is 1. The van der Waals surface area contributed by atoms with E-state index in [9.17, 15) is 4.79 Å². The van der Waals surface area contributed by atoms with Gasteiger partial charge in [-0.1, -0.05) is 40.2 Å². The van der Waals surface area contributed by atoms with Crippen LogP contribution in [0.25, 0.3) is 0 Å². The van der Waals surface area contributed by atoms with Gasteiger partial charge in [0.2, 0.25) is 5.91 Å². The highest BCUT2D eigenvalue weighted by atomic mass is 79.9. The van der Waals surface area contributed by atoms with Gasteiger partial charge in [-0.25, -0.2) is 0 Å². The molecule has 1 unspecified atom stereocenters. The summed E-state index contributed by atoms with van der Waals surface area (Å²) in [4.78, 5) is 11.8. The lowest BCUT2D eigenvalue weighted by molar-refractivity contribution is -0.128. The third kappa shape index (κ3) is 6.44. The molecule has 114 valence electrons. The SMILES string of the molecule is O=C(COC1CC/C=C/CCC1)NCc1ccc(Br)cc1. The molecule has 0 fully saturated rings. The Kier molecular flexibility index (Phi) is 6.96. The molecule has 0 radical (unpaired) electrons. The maximum atomic E-state index is 11.8. The molecule has 0 heterocycles. The molecule has 1 aliphatic carbocycles. The molecule has 4 heteroatoms. The van der Waals surface area contributed by atoms with Gasteiger partial charge in [-0.3, -0.25) is 4.79 Å². The van der Waals surface area contributed by atoms with Crippen LogP contribution in [0.1, 0.15) is 37.7 Å². The Morgan fingerprint density at radius 1 is 1.19 bits per heavy atom. The Labute approximate surface area is 134 Å². The van der Waals surface area contributed by atoms with Gasteiger partial charge in [-0.05, 0) is 49.8 Å². The summed E-state index contributed by atoms with van der Waals surface area (Å²) < 4.78 is 6.78. The second kappa shape index (κ2) is 9.00. The largest absolute Gasteiger partial charge is 0.368 e. The number of rotatable bonds is 5. The Morgan fingerprint density at radius 2 is 1.95 bits per heavy atom. The van der Waals surface area contributed by atoms with E-state index in [1.807, 2.05) is 24.3 Å². The van der Waals surface area contributed by atoms with Crippen LogP contribution in [0.5, 0.6) is 0 Å². The van der Waals surface area contributed by atoms with Crippen molar-refractivity contribution in [1.82, 2.24) is 5.32 Å². The summed E-state index contributed by atoms with van der Waals surface area (Å²) in [6.07, 6.45) is 10.0. The van der Waals surface area contributed by atoms with Crippen molar-refractivity contribution in [3.63, 3.8) is 0 Å². The second-order valence-corrected chi connectivity index (χ2v) is 6.23.